The average molecular weight is 431 g/mol. The maximum absolute atomic E-state index is 13.2. The molecule has 0 spiro atoms. The zero-order valence-corrected chi connectivity index (χ0v) is 18.3. The van der Waals surface area contributed by atoms with E-state index in [4.69, 9.17) is 19.2 Å². The Hall–Kier alpha value is -3.80. The molecule has 0 N–H and O–H groups in total. The van der Waals surface area contributed by atoms with Crippen LogP contribution >= 0.6 is 0 Å². The highest BCUT2D eigenvalue weighted by Crippen LogP contribution is 2.22. The van der Waals surface area contributed by atoms with E-state index < -0.39 is 0 Å². The second kappa shape index (κ2) is 10.0. The van der Waals surface area contributed by atoms with Crippen LogP contribution in [0.25, 0.3) is 22.3 Å². The minimum Gasteiger partial charge on any atom is -0.497 e. The lowest BCUT2D eigenvalue weighted by Gasteiger charge is -2.14. The van der Waals surface area contributed by atoms with Gasteiger partial charge < -0.3 is 14.2 Å². The molecule has 0 saturated carbocycles. The highest BCUT2D eigenvalue weighted by Gasteiger charge is 2.13. The quantitative estimate of drug-likeness (QED) is 0.352. The molecular weight excluding hydrogens is 404 g/mol. The van der Waals surface area contributed by atoms with E-state index in [1.165, 1.54) is 0 Å². The van der Waals surface area contributed by atoms with E-state index in [-0.39, 0.29) is 5.56 Å². The Morgan fingerprint density at radius 3 is 2.09 bits per heavy atom. The molecule has 1 heterocycles. The van der Waals surface area contributed by atoms with Gasteiger partial charge in [-0.3, -0.25) is 9.36 Å². The van der Waals surface area contributed by atoms with Crippen molar-refractivity contribution in [2.45, 2.75) is 19.4 Å². The van der Waals surface area contributed by atoms with Crippen LogP contribution in [0.1, 0.15) is 12.8 Å². The van der Waals surface area contributed by atoms with Crippen LogP contribution in [0, 0.1) is 0 Å². The summed E-state index contributed by atoms with van der Waals surface area (Å²) in [6.07, 6.45) is 1.60. The molecule has 0 amide bonds. The number of nitrogens with zero attached hydrogens (tertiary/aromatic N) is 2. The minimum absolute atomic E-state index is 0.0301. The van der Waals surface area contributed by atoms with Crippen molar-refractivity contribution in [2.75, 3.05) is 20.8 Å². The van der Waals surface area contributed by atoms with Crippen molar-refractivity contribution in [1.82, 2.24) is 9.55 Å². The van der Waals surface area contributed by atoms with Gasteiger partial charge in [0.1, 0.15) is 23.1 Å². The third-order valence-electron chi connectivity index (χ3n) is 5.31. The van der Waals surface area contributed by atoms with Crippen LogP contribution in [-0.4, -0.2) is 30.4 Å². The van der Waals surface area contributed by atoms with Gasteiger partial charge in [-0.25, -0.2) is 4.98 Å². The molecule has 0 unspecified atom stereocenters. The molecule has 0 radical (unpaired) electrons. The van der Waals surface area contributed by atoms with Gasteiger partial charge >= 0.3 is 0 Å². The molecule has 6 heteroatoms. The van der Waals surface area contributed by atoms with Gasteiger partial charge in [-0.2, -0.15) is 0 Å². The summed E-state index contributed by atoms with van der Waals surface area (Å²) in [7, 11) is 3.27. The van der Waals surface area contributed by atoms with E-state index in [9.17, 15) is 4.79 Å². The largest absolute Gasteiger partial charge is 0.497 e. The molecule has 3 aromatic carbocycles. The lowest BCUT2D eigenvalue weighted by molar-refractivity contribution is 0.302. The van der Waals surface area contributed by atoms with Crippen LogP contribution in [0.2, 0.25) is 0 Å². The van der Waals surface area contributed by atoms with Crippen molar-refractivity contribution >= 4 is 10.9 Å². The number of ether oxygens (including phenoxy) is 3. The Morgan fingerprint density at radius 2 is 1.41 bits per heavy atom. The molecule has 1 aromatic heterocycles. The van der Waals surface area contributed by atoms with E-state index in [1.807, 2.05) is 72.8 Å². The molecular formula is C26H26N2O4. The number of aromatic nitrogens is 2. The van der Waals surface area contributed by atoms with Gasteiger partial charge in [0.15, 0.2) is 0 Å². The second-order valence-electron chi connectivity index (χ2n) is 7.37. The van der Waals surface area contributed by atoms with Crippen molar-refractivity contribution in [1.29, 1.82) is 0 Å². The number of unbranched alkanes of at least 4 members (excludes halogenated alkanes) is 1. The van der Waals surface area contributed by atoms with Crippen LogP contribution in [0.3, 0.4) is 0 Å². The average Bonchev–Trinajstić information content (AvgIpc) is 2.85. The van der Waals surface area contributed by atoms with Gasteiger partial charge in [-0.15, -0.1) is 0 Å². The van der Waals surface area contributed by atoms with E-state index in [0.717, 1.165) is 35.7 Å². The maximum Gasteiger partial charge on any atom is 0.261 e. The van der Waals surface area contributed by atoms with Crippen molar-refractivity contribution < 1.29 is 14.2 Å². The number of benzene rings is 3. The number of rotatable bonds is 9. The van der Waals surface area contributed by atoms with E-state index in [2.05, 4.69) is 0 Å². The molecule has 4 rings (SSSR count). The molecule has 0 aliphatic rings. The summed E-state index contributed by atoms with van der Waals surface area (Å²) in [6.45, 7) is 1.13. The monoisotopic (exact) mass is 430 g/mol. The summed E-state index contributed by atoms with van der Waals surface area (Å²) in [6, 6.07) is 22.6. The Labute approximate surface area is 187 Å². The summed E-state index contributed by atoms with van der Waals surface area (Å²) in [5.74, 6) is 3.02. The molecule has 4 aromatic rings. The fraction of sp³-hybridized carbons (Fsp3) is 0.231. The second-order valence-corrected chi connectivity index (χ2v) is 7.37. The van der Waals surface area contributed by atoms with E-state index in [0.29, 0.717) is 29.9 Å². The predicted octanol–water partition coefficient (Wildman–Crippen LogP) is 4.94. The first-order valence-electron chi connectivity index (χ1n) is 10.6. The normalized spacial score (nSPS) is 10.8. The lowest BCUT2D eigenvalue weighted by atomic mass is 10.1. The van der Waals surface area contributed by atoms with Gasteiger partial charge in [0, 0.05) is 12.1 Å². The standard InChI is InChI=1S/C26H26N2O4/c1-30-20-11-9-19(10-12-20)25-27-24-8-4-3-7-23(24)26(29)28(25)17-5-6-18-32-22-15-13-21(31-2)14-16-22/h3-4,7-16H,5-6,17-18H2,1-2H3. The molecule has 0 aliphatic carbocycles. The van der Waals surface area contributed by atoms with Gasteiger partial charge in [0.05, 0.1) is 31.7 Å². The Morgan fingerprint density at radius 1 is 0.781 bits per heavy atom. The summed E-state index contributed by atoms with van der Waals surface area (Å²) in [4.78, 5) is 18.1. The van der Waals surface area contributed by atoms with Crippen molar-refractivity contribution in [3.63, 3.8) is 0 Å². The Balaban J connectivity index is 1.51. The molecule has 164 valence electrons. The molecule has 0 atom stereocenters. The molecule has 0 bridgehead atoms. The predicted molar refractivity (Wildman–Crippen MR) is 126 cm³/mol. The highest BCUT2D eigenvalue weighted by molar-refractivity contribution is 5.79. The van der Waals surface area contributed by atoms with Crippen LogP contribution in [0.5, 0.6) is 17.2 Å². The molecule has 6 nitrogen and oxygen atoms in total. The summed E-state index contributed by atoms with van der Waals surface area (Å²) in [5.41, 5.74) is 1.54. The Kier molecular flexibility index (Phi) is 6.70. The van der Waals surface area contributed by atoms with Crippen LogP contribution < -0.4 is 19.8 Å². The SMILES string of the molecule is COc1ccc(OCCCCn2c(-c3ccc(OC)cc3)nc3ccccc3c2=O)cc1. The smallest absolute Gasteiger partial charge is 0.261 e. The third kappa shape index (κ3) is 4.75. The lowest BCUT2D eigenvalue weighted by Crippen LogP contribution is -2.24. The summed E-state index contributed by atoms with van der Waals surface area (Å²) >= 11 is 0. The van der Waals surface area contributed by atoms with E-state index in [1.54, 1.807) is 18.8 Å². The summed E-state index contributed by atoms with van der Waals surface area (Å²) in [5, 5.41) is 0.624. The Bertz CT molecular complexity index is 1230. The topological polar surface area (TPSA) is 62.6 Å². The van der Waals surface area contributed by atoms with Gasteiger partial charge in [-0.05, 0) is 73.5 Å². The molecule has 0 saturated heterocycles. The van der Waals surface area contributed by atoms with Crippen molar-refractivity contribution in [3.8, 4) is 28.6 Å². The number of hydrogen-bond acceptors (Lipinski definition) is 5. The maximum atomic E-state index is 13.2. The van der Waals surface area contributed by atoms with Gasteiger partial charge in [-0.1, -0.05) is 12.1 Å². The number of fused-ring (bicyclic) bond motifs is 1. The number of para-hydroxylation sites is 1. The zero-order valence-electron chi connectivity index (χ0n) is 18.3. The van der Waals surface area contributed by atoms with Crippen LogP contribution in [-0.2, 0) is 6.54 Å². The third-order valence-corrected chi connectivity index (χ3v) is 5.31. The highest BCUT2D eigenvalue weighted by atomic mass is 16.5. The number of hydrogen-bond donors (Lipinski definition) is 0. The molecule has 0 aliphatic heterocycles. The zero-order chi connectivity index (χ0) is 22.3. The first-order chi connectivity index (χ1) is 15.7. The fourth-order valence-electron chi connectivity index (χ4n) is 3.57. The van der Waals surface area contributed by atoms with Crippen molar-refractivity contribution in [2.24, 2.45) is 0 Å². The first-order valence-corrected chi connectivity index (χ1v) is 10.6. The first kappa shape index (κ1) is 21.4. The van der Waals surface area contributed by atoms with E-state index >= 15 is 0 Å². The number of methoxy groups -OCH3 is 2. The minimum atomic E-state index is -0.0301. The summed E-state index contributed by atoms with van der Waals surface area (Å²) < 4.78 is 18.0. The van der Waals surface area contributed by atoms with Gasteiger partial charge in [0.25, 0.3) is 5.56 Å². The molecule has 0 fully saturated rings. The molecule has 32 heavy (non-hydrogen) atoms. The fourth-order valence-corrected chi connectivity index (χ4v) is 3.57. The van der Waals surface area contributed by atoms with Crippen LogP contribution in [0.15, 0.2) is 77.6 Å². The van der Waals surface area contributed by atoms with Gasteiger partial charge in [0.2, 0.25) is 0 Å². The van der Waals surface area contributed by atoms with Crippen LogP contribution in [0.4, 0.5) is 0 Å². The van der Waals surface area contributed by atoms with Crippen molar-refractivity contribution in [3.05, 3.63) is 83.2 Å².